The van der Waals surface area contributed by atoms with Crippen LogP contribution < -0.4 is 15.6 Å². The van der Waals surface area contributed by atoms with Crippen LogP contribution in [0.25, 0.3) is 11.2 Å². The summed E-state index contributed by atoms with van der Waals surface area (Å²) in [4.78, 5) is 59.1. The first kappa shape index (κ1) is 31.4. The van der Waals surface area contributed by atoms with Crippen molar-refractivity contribution in [3.05, 3.63) is 68.6 Å². The van der Waals surface area contributed by atoms with Crippen LogP contribution in [0.3, 0.4) is 0 Å². The minimum absolute atomic E-state index is 0.00971. The van der Waals surface area contributed by atoms with Gasteiger partial charge in [-0.2, -0.15) is 13.2 Å². The van der Waals surface area contributed by atoms with Crippen molar-refractivity contribution >= 4 is 46.0 Å². The summed E-state index contributed by atoms with van der Waals surface area (Å²) in [6.07, 6.45) is -2.16. The summed E-state index contributed by atoms with van der Waals surface area (Å²) in [6, 6.07) is 2.53. The highest BCUT2D eigenvalue weighted by Gasteiger charge is 2.32. The second-order valence-corrected chi connectivity index (χ2v) is 10.5. The first-order valence-corrected chi connectivity index (χ1v) is 14.0. The summed E-state index contributed by atoms with van der Waals surface area (Å²) in [6.45, 7) is 3.62. The van der Waals surface area contributed by atoms with E-state index in [0.717, 1.165) is 18.3 Å². The van der Waals surface area contributed by atoms with Gasteiger partial charge in [-0.05, 0) is 31.5 Å². The third-order valence-electron chi connectivity index (χ3n) is 7.32. The number of aryl methyl sites for hydroxylation is 1. The molecule has 3 aromatic heterocycles. The molecule has 5 rings (SSSR count). The maximum absolute atomic E-state index is 13.8. The lowest BCUT2D eigenvalue weighted by molar-refractivity contribution is -0.137. The summed E-state index contributed by atoms with van der Waals surface area (Å²) in [5.41, 5.74) is -1.05. The first-order valence-electron chi connectivity index (χ1n) is 13.6. The molecule has 0 aliphatic carbocycles. The molecule has 4 aromatic rings. The molecular weight excluding hydrogens is 621 g/mol. The van der Waals surface area contributed by atoms with E-state index in [1.807, 2.05) is 0 Å². The monoisotopic (exact) mass is 646 g/mol. The lowest BCUT2D eigenvalue weighted by Gasteiger charge is -2.37. The Bertz CT molecular complexity index is 1880. The molecule has 0 bridgehead atoms. The predicted octanol–water partition coefficient (Wildman–Crippen LogP) is 3.14. The number of hydrogen-bond acceptors (Lipinski definition) is 10. The van der Waals surface area contributed by atoms with Crippen LogP contribution in [-0.4, -0.2) is 77.6 Å². The number of nitrogens with one attached hydrogen (secondary N) is 1. The SMILES string of the molecule is CCc1c(N2CCN(C(=O)c3ncnc(C)c3O)CC2)c(=O)c2nc(O)cnc2n1CC(=O)Nc1ccc(C(F)(F)F)cc1Cl. The average Bonchev–Trinajstić information content (AvgIpc) is 3.00. The Morgan fingerprint density at radius 3 is 2.44 bits per heavy atom. The maximum Gasteiger partial charge on any atom is 0.416 e. The van der Waals surface area contributed by atoms with Crippen LogP contribution in [0.15, 0.2) is 35.5 Å². The molecule has 1 aliphatic rings. The van der Waals surface area contributed by atoms with Gasteiger partial charge in [-0.3, -0.25) is 14.4 Å². The zero-order valence-electron chi connectivity index (χ0n) is 23.9. The van der Waals surface area contributed by atoms with Crippen molar-refractivity contribution in [1.29, 1.82) is 0 Å². The van der Waals surface area contributed by atoms with Crippen LogP contribution in [0.4, 0.5) is 24.5 Å². The smallest absolute Gasteiger partial charge is 0.416 e. The van der Waals surface area contributed by atoms with Crippen molar-refractivity contribution < 1.29 is 33.0 Å². The number of fused-ring (bicyclic) bond motifs is 1. The number of alkyl halides is 3. The molecule has 0 atom stereocenters. The van der Waals surface area contributed by atoms with Gasteiger partial charge in [0.05, 0.1) is 28.2 Å². The number of nitrogens with zero attached hydrogens (tertiary/aromatic N) is 7. The fourth-order valence-electron chi connectivity index (χ4n) is 5.11. The van der Waals surface area contributed by atoms with Gasteiger partial charge in [-0.25, -0.2) is 19.9 Å². The van der Waals surface area contributed by atoms with Gasteiger partial charge in [-0.1, -0.05) is 18.5 Å². The number of aromatic hydroxyl groups is 2. The first-order chi connectivity index (χ1) is 21.3. The zero-order chi connectivity index (χ0) is 32.6. The van der Waals surface area contributed by atoms with Crippen molar-refractivity contribution in [2.24, 2.45) is 0 Å². The van der Waals surface area contributed by atoms with E-state index in [1.54, 1.807) is 18.7 Å². The van der Waals surface area contributed by atoms with Crippen LogP contribution in [0.1, 0.15) is 34.4 Å². The minimum Gasteiger partial charge on any atom is -0.504 e. The number of halogens is 4. The molecule has 0 radical (unpaired) electrons. The van der Waals surface area contributed by atoms with Gasteiger partial charge in [0, 0.05) is 31.9 Å². The third kappa shape index (κ3) is 6.18. The average molecular weight is 647 g/mol. The summed E-state index contributed by atoms with van der Waals surface area (Å²) >= 11 is 6.02. The molecule has 2 amide bonds. The Labute approximate surface area is 257 Å². The van der Waals surface area contributed by atoms with Crippen LogP contribution >= 0.6 is 11.6 Å². The molecule has 236 valence electrons. The standard InChI is InChI=1S/C28H26ClF3N8O5/c1-3-18-23(38-6-8-39(9-7-38)27(45)22-24(43)14(2)34-13-35-22)25(44)21-26(33-11-19(41)37-21)40(18)12-20(42)36-17-5-4-15(10-16(17)29)28(30,31)32/h4-5,10-11,13,43H,3,6-9,12H2,1-2H3,(H,36,42)(H,37,41). The Morgan fingerprint density at radius 1 is 1.09 bits per heavy atom. The highest BCUT2D eigenvalue weighted by molar-refractivity contribution is 6.33. The number of rotatable bonds is 6. The second-order valence-electron chi connectivity index (χ2n) is 10.1. The Balaban J connectivity index is 1.46. The number of aromatic nitrogens is 5. The molecule has 0 unspecified atom stereocenters. The van der Waals surface area contributed by atoms with E-state index >= 15 is 0 Å². The van der Waals surface area contributed by atoms with E-state index in [4.69, 9.17) is 11.6 Å². The lowest BCUT2D eigenvalue weighted by atomic mass is 10.1. The summed E-state index contributed by atoms with van der Waals surface area (Å²) in [7, 11) is 0. The van der Waals surface area contributed by atoms with Crippen molar-refractivity contribution in [1.82, 2.24) is 29.4 Å². The van der Waals surface area contributed by atoms with Gasteiger partial charge in [0.1, 0.15) is 18.6 Å². The summed E-state index contributed by atoms with van der Waals surface area (Å²) in [5.74, 6) is -2.01. The quantitative estimate of drug-likeness (QED) is 0.283. The fraction of sp³-hybridized carbons (Fsp3) is 0.321. The Hall–Kier alpha value is -4.99. The molecule has 1 saturated heterocycles. The molecule has 45 heavy (non-hydrogen) atoms. The molecule has 3 N–H and O–H groups in total. The molecule has 1 fully saturated rings. The van der Waals surface area contributed by atoms with E-state index in [1.165, 1.54) is 15.8 Å². The van der Waals surface area contributed by atoms with Gasteiger partial charge < -0.3 is 29.9 Å². The van der Waals surface area contributed by atoms with Gasteiger partial charge in [0.2, 0.25) is 17.2 Å². The molecule has 0 saturated carbocycles. The minimum atomic E-state index is -4.62. The number of carbonyl (C=O) groups is 2. The summed E-state index contributed by atoms with van der Waals surface area (Å²) in [5, 5.41) is 22.5. The number of benzene rings is 1. The summed E-state index contributed by atoms with van der Waals surface area (Å²) < 4.78 is 40.6. The molecule has 13 nitrogen and oxygen atoms in total. The third-order valence-corrected chi connectivity index (χ3v) is 7.64. The maximum atomic E-state index is 13.8. The van der Waals surface area contributed by atoms with Gasteiger partial charge in [0.25, 0.3) is 5.91 Å². The van der Waals surface area contributed by atoms with Crippen molar-refractivity contribution in [3.63, 3.8) is 0 Å². The lowest BCUT2D eigenvalue weighted by Crippen LogP contribution is -2.50. The number of hydrogen-bond donors (Lipinski definition) is 3. The van der Waals surface area contributed by atoms with Crippen molar-refractivity contribution in [2.45, 2.75) is 33.0 Å². The number of piperazine rings is 1. The number of amides is 2. The van der Waals surface area contributed by atoms with E-state index in [0.29, 0.717) is 11.8 Å². The Kier molecular flexibility index (Phi) is 8.51. The topological polar surface area (TPSA) is 167 Å². The van der Waals surface area contributed by atoms with Crippen LogP contribution in [-0.2, 0) is 23.9 Å². The van der Waals surface area contributed by atoms with Gasteiger partial charge in [-0.15, -0.1) is 0 Å². The predicted molar refractivity (Wildman–Crippen MR) is 156 cm³/mol. The number of carbonyl (C=O) groups excluding carboxylic acids is 2. The van der Waals surface area contributed by atoms with E-state index in [9.17, 15) is 37.8 Å². The van der Waals surface area contributed by atoms with Crippen molar-refractivity contribution in [2.75, 3.05) is 36.4 Å². The van der Waals surface area contributed by atoms with Gasteiger partial charge in [0.15, 0.2) is 22.6 Å². The van der Waals surface area contributed by atoms with Crippen LogP contribution in [0.5, 0.6) is 11.6 Å². The highest BCUT2D eigenvalue weighted by atomic mass is 35.5. The van der Waals surface area contributed by atoms with Crippen LogP contribution in [0.2, 0.25) is 5.02 Å². The molecule has 0 spiro atoms. The largest absolute Gasteiger partial charge is 0.504 e. The Morgan fingerprint density at radius 2 is 1.80 bits per heavy atom. The van der Waals surface area contributed by atoms with Gasteiger partial charge >= 0.3 is 6.18 Å². The molecule has 4 heterocycles. The highest BCUT2D eigenvalue weighted by Crippen LogP contribution is 2.34. The van der Waals surface area contributed by atoms with Crippen LogP contribution in [0, 0.1) is 6.92 Å². The normalized spacial score (nSPS) is 13.7. The number of pyridine rings is 1. The molecule has 1 aliphatic heterocycles. The van der Waals surface area contributed by atoms with E-state index in [2.05, 4.69) is 25.3 Å². The fourth-order valence-corrected chi connectivity index (χ4v) is 5.34. The second kappa shape index (κ2) is 12.2. The van der Waals surface area contributed by atoms with Crippen molar-refractivity contribution in [3.8, 4) is 11.6 Å². The number of anilines is 2. The van der Waals surface area contributed by atoms with E-state index in [-0.39, 0.29) is 77.3 Å². The van der Waals surface area contributed by atoms with E-state index < -0.39 is 41.4 Å². The zero-order valence-corrected chi connectivity index (χ0v) is 24.6. The molecule has 1 aromatic carbocycles. The molecular formula is C28H26ClF3N8O5. The molecule has 17 heteroatoms.